The van der Waals surface area contributed by atoms with Crippen molar-refractivity contribution in [1.29, 1.82) is 0 Å². The second kappa shape index (κ2) is 6.19. The van der Waals surface area contributed by atoms with Crippen LogP contribution in [0, 0.1) is 0 Å². The Morgan fingerprint density at radius 1 is 1.23 bits per heavy atom. The minimum atomic E-state index is -0.356. The molecule has 0 saturated carbocycles. The van der Waals surface area contributed by atoms with Crippen LogP contribution in [0.2, 0.25) is 0 Å². The summed E-state index contributed by atoms with van der Waals surface area (Å²) < 4.78 is 7.93. The Labute approximate surface area is 127 Å². The summed E-state index contributed by atoms with van der Waals surface area (Å²) in [6.07, 6.45) is 2.17. The predicted molar refractivity (Wildman–Crippen MR) is 83.7 cm³/mol. The number of aromatic nitrogens is 2. The van der Waals surface area contributed by atoms with E-state index in [4.69, 9.17) is 4.74 Å². The second-order valence-corrected chi connectivity index (χ2v) is 5.46. The van der Waals surface area contributed by atoms with Crippen LogP contribution >= 0.6 is 0 Å². The maximum Gasteiger partial charge on any atom is 0.349 e. The topological polar surface area (TPSA) is 65.3 Å². The standard InChI is InChI=1S/C16H19N3O3/c1-12(13-5-3-2-4-6-13)17-18-9-7-15(20)19(16(18)21)14-8-10-22-11-14/h2-7,9,12,14,17H,8,10-11H2,1H3/t12-,14?/m0/s1. The second-order valence-electron chi connectivity index (χ2n) is 5.46. The summed E-state index contributed by atoms with van der Waals surface area (Å²) in [5.41, 5.74) is 3.55. The molecule has 1 aliphatic rings. The summed E-state index contributed by atoms with van der Waals surface area (Å²) in [6, 6.07) is 11.0. The fraction of sp³-hybridized carbons (Fsp3) is 0.375. The van der Waals surface area contributed by atoms with Crippen molar-refractivity contribution in [2.45, 2.75) is 25.4 Å². The van der Waals surface area contributed by atoms with Gasteiger partial charge in [-0.15, -0.1) is 0 Å². The van der Waals surface area contributed by atoms with Gasteiger partial charge in [0.1, 0.15) is 0 Å². The fourth-order valence-corrected chi connectivity index (χ4v) is 2.68. The Bertz CT molecular complexity index is 745. The minimum Gasteiger partial charge on any atom is -0.379 e. The molecule has 2 heterocycles. The molecule has 6 heteroatoms. The number of hydrogen-bond donors (Lipinski definition) is 1. The first kappa shape index (κ1) is 14.6. The molecule has 1 aromatic carbocycles. The molecular weight excluding hydrogens is 282 g/mol. The van der Waals surface area contributed by atoms with Gasteiger partial charge in [-0.25, -0.2) is 9.47 Å². The minimum absolute atomic E-state index is 0.0512. The van der Waals surface area contributed by atoms with Gasteiger partial charge in [0, 0.05) is 18.9 Å². The maximum atomic E-state index is 12.6. The van der Waals surface area contributed by atoms with Crippen molar-refractivity contribution in [2.75, 3.05) is 18.6 Å². The molecule has 2 atom stereocenters. The van der Waals surface area contributed by atoms with Gasteiger partial charge in [-0.3, -0.25) is 9.36 Å². The Kier molecular flexibility index (Phi) is 4.11. The highest BCUT2D eigenvalue weighted by Gasteiger charge is 2.21. The van der Waals surface area contributed by atoms with Crippen molar-refractivity contribution < 1.29 is 4.74 Å². The van der Waals surface area contributed by atoms with E-state index >= 15 is 0 Å². The maximum absolute atomic E-state index is 12.6. The average molecular weight is 301 g/mol. The first-order valence-electron chi connectivity index (χ1n) is 7.40. The highest BCUT2D eigenvalue weighted by atomic mass is 16.5. The van der Waals surface area contributed by atoms with Gasteiger partial charge < -0.3 is 10.2 Å². The van der Waals surface area contributed by atoms with Gasteiger partial charge >= 0.3 is 5.69 Å². The van der Waals surface area contributed by atoms with Crippen LogP contribution in [0.1, 0.15) is 31.0 Å². The molecule has 3 rings (SSSR count). The molecule has 1 fully saturated rings. The zero-order valence-electron chi connectivity index (χ0n) is 12.4. The lowest BCUT2D eigenvalue weighted by atomic mass is 10.1. The lowest BCUT2D eigenvalue weighted by molar-refractivity contribution is 0.185. The average Bonchev–Trinajstić information content (AvgIpc) is 3.05. The summed E-state index contributed by atoms with van der Waals surface area (Å²) in [6.45, 7) is 2.96. The van der Waals surface area contributed by atoms with Crippen LogP contribution < -0.4 is 16.7 Å². The lowest BCUT2D eigenvalue weighted by Crippen LogP contribution is -2.44. The van der Waals surface area contributed by atoms with Crippen LogP contribution in [0.25, 0.3) is 0 Å². The SMILES string of the molecule is C[C@H](Nn1ccc(=O)n(C2CCOC2)c1=O)c1ccccc1. The highest BCUT2D eigenvalue weighted by Crippen LogP contribution is 2.15. The summed E-state index contributed by atoms with van der Waals surface area (Å²) in [7, 11) is 0. The normalized spacial score (nSPS) is 19.0. The Morgan fingerprint density at radius 3 is 2.68 bits per heavy atom. The van der Waals surface area contributed by atoms with Crippen LogP contribution in [0.4, 0.5) is 0 Å². The van der Waals surface area contributed by atoms with Gasteiger partial charge in [-0.2, -0.15) is 0 Å². The smallest absolute Gasteiger partial charge is 0.349 e. The third-order valence-corrected chi connectivity index (χ3v) is 3.92. The van der Waals surface area contributed by atoms with E-state index in [0.29, 0.717) is 19.6 Å². The van der Waals surface area contributed by atoms with Crippen LogP contribution in [-0.4, -0.2) is 22.5 Å². The summed E-state index contributed by atoms with van der Waals surface area (Å²) in [4.78, 5) is 24.6. The number of ether oxygens (including phenoxy) is 1. The summed E-state index contributed by atoms with van der Waals surface area (Å²) in [5, 5.41) is 0. The van der Waals surface area contributed by atoms with E-state index in [-0.39, 0.29) is 23.3 Å². The molecule has 1 saturated heterocycles. The summed E-state index contributed by atoms with van der Waals surface area (Å²) in [5.74, 6) is 0. The molecular formula is C16H19N3O3. The quantitative estimate of drug-likeness (QED) is 0.924. The van der Waals surface area contributed by atoms with Gasteiger partial charge in [0.15, 0.2) is 0 Å². The van der Waals surface area contributed by atoms with Crippen LogP contribution in [0.5, 0.6) is 0 Å². The third kappa shape index (κ3) is 2.82. The lowest BCUT2D eigenvalue weighted by Gasteiger charge is -2.19. The van der Waals surface area contributed by atoms with E-state index in [1.54, 1.807) is 0 Å². The molecule has 1 aliphatic heterocycles. The molecule has 0 spiro atoms. The molecule has 1 N–H and O–H groups in total. The molecule has 22 heavy (non-hydrogen) atoms. The van der Waals surface area contributed by atoms with Gasteiger partial charge in [0.05, 0.1) is 18.7 Å². The van der Waals surface area contributed by atoms with Crippen molar-refractivity contribution in [3.63, 3.8) is 0 Å². The molecule has 1 unspecified atom stereocenters. The Balaban J connectivity index is 1.90. The Hall–Kier alpha value is -2.34. The number of benzene rings is 1. The van der Waals surface area contributed by atoms with E-state index in [2.05, 4.69) is 5.43 Å². The van der Waals surface area contributed by atoms with E-state index in [1.807, 2.05) is 37.3 Å². The van der Waals surface area contributed by atoms with E-state index < -0.39 is 0 Å². The number of nitrogens with one attached hydrogen (secondary N) is 1. The fourth-order valence-electron chi connectivity index (χ4n) is 2.68. The Morgan fingerprint density at radius 2 is 2.00 bits per heavy atom. The molecule has 0 amide bonds. The summed E-state index contributed by atoms with van der Waals surface area (Å²) >= 11 is 0. The van der Waals surface area contributed by atoms with Crippen molar-refractivity contribution in [2.24, 2.45) is 0 Å². The molecule has 0 radical (unpaired) electrons. The molecule has 2 aromatic rings. The highest BCUT2D eigenvalue weighted by molar-refractivity contribution is 5.20. The largest absolute Gasteiger partial charge is 0.379 e. The zero-order chi connectivity index (χ0) is 15.5. The van der Waals surface area contributed by atoms with Crippen molar-refractivity contribution in [3.05, 3.63) is 69.0 Å². The van der Waals surface area contributed by atoms with Crippen LogP contribution in [0.15, 0.2) is 52.2 Å². The van der Waals surface area contributed by atoms with Gasteiger partial charge in [-0.05, 0) is 18.9 Å². The van der Waals surface area contributed by atoms with Crippen molar-refractivity contribution in [1.82, 2.24) is 9.24 Å². The van der Waals surface area contributed by atoms with E-state index in [9.17, 15) is 9.59 Å². The predicted octanol–water partition coefficient (Wildman–Crippen LogP) is 1.28. The first-order valence-corrected chi connectivity index (χ1v) is 7.40. The molecule has 6 nitrogen and oxygen atoms in total. The third-order valence-electron chi connectivity index (χ3n) is 3.92. The van der Waals surface area contributed by atoms with Crippen molar-refractivity contribution in [3.8, 4) is 0 Å². The molecule has 0 aliphatic carbocycles. The molecule has 1 aromatic heterocycles. The van der Waals surface area contributed by atoms with Crippen LogP contribution in [-0.2, 0) is 4.74 Å². The zero-order valence-corrected chi connectivity index (χ0v) is 12.4. The van der Waals surface area contributed by atoms with E-state index in [1.165, 1.54) is 21.5 Å². The van der Waals surface area contributed by atoms with Crippen molar-refractivity contribution >= 4 is 0 Å². The van der Waals surface area contributed by atoms with Gasteiger partial charge in [0.25, 0.3) is 5.56 Å². The van der Waals surface area contributed by atoms with Gasteiger partial charge in [0.2, 0.25) is 0 Å². The first-order chi connectivity index (χ1) is 10.7. The van der Waals surface area contributed by atoms with Crippen LogP contribution in [0.3, 0.4) is 0 Å². The number of hydrogen-bond acceptors (Lipinski definition) is 4. The molecule has 116 valence electrons. The van der Waals surface area contributed by atoms with Gasteiger partial charge in [-0.1, -0.05) is 30.3 Å². The molecule has 0 bridgehead atoms. The number of nitrogens with zero attached hydrogens (tertiary/aromatic N) is 2. The number of rotatable bonds is 4. The monoisotopic (exact) mass is 301 g/mol. The van der Waals surface area contributed by atoms with E-state index in [0.717, 1.165) is 5.56 Å².